The predicted molar refractivity (Wildman–Crippen MR) is 40.2 cm³/mol. The van der Waals surface area contributed by atoms with Crippen molar-refractivity contribution >= 4 is 28.8 Å². The van der Waals surface area contributed by atoms with Gasteiger partial charge in [0.15, 0.2) is 5.50 Å². The SMILES string of the molecule is CCOC(=O)C(Cl)NS(=O)O. The van der Waals surface area contributed by atoms with Crippen molar-refractivity contribution in [2.75, 3.05) is 6.61 Å². The van der Waals surface area contributed by atoms with Crippen molar-refractivity contribution in [3.05, 3.63) is 0 Å². The number of ether oxygens (including phenoxy) is 1. The van der Waals surface area contributed by atoms with E-state index in [0.29, 0.717) is 0 Å². The van der Waals surface area contributed by atoms with Crippen LogP contribution in [0.15, 0.2) is 0 Å². The first-order chi connectivity index (χ1) is 5.07. The fraction of sp³-hybridized carbons (Fsp3) is 0.750. The molecule has 2 N–H and O–H groups in total. The fourth-order valence-corrected chi connectivity index (χ4v) is 0.917. The van der Waals surface area contributed by atoms with Gasteiger partial charge in [-0.2, -0.15) is 4.72 Å². The third-order valence-electron chi connectivity index (χ3n) is 0.698. The van der Waals surface area contributed by atoms with Crippen LogP contribution in [-0.2, 0) is 20.8 Å². The first-order valence-corrected chi connectivity index (χ1v) is 4.30. The smallest absolute Gasteiger partial charge is 0.339 e. The van der Waals surface area contributed by atoms with Gasteiger partial charge in [0.1, 0.15) is 0 Å². The summed E-state index contributed by atoms with van der Waals surface area (Å²) in [4.78, 5) is 10.6. The lowest BCUT2D eigenvalue weighted by atomic mass is 10.7. The van der Waals surface area contributed by atoms with Crippen molar-refractivity contribution in [1.82, 2.24) is 4.72 Å². The van der Waals surface area contributed by atoms with Crippen LogP contribution in [0.5, 0.6) is 0 Å². The van der Waals surface area contributed by atoms with Crippen LogP contribution in [-0.4, -0.2) is 26.8 Å². The normalized spacial score (nSPS) is 15.5. The molecule has 0 aromatic rings. The minimum atomic E-state index is -2.30. The zero-order valence-electron chi connectivity index (χ0n) is 5.74. The number of hydrogen-bond acceptors (Lipinski definition) is 3. The summed E-state index contributed by atoms with van der Waals surface area (Å²) < 4.78 is 24.5. The Balaban J connectivity index is 3.73. The minimum absolute atomic E-state index is 0.182. The van der Waals surface area contributed by atoms with E-state index in [-0.39, 0.29) is 6.61 Å². The Morgan fingerprint density at radius 2 is 2.45 bits per heavy atom. The van der Waals surface area contributed by atoms with Crippen LogP contribution < -0.4 is 4.72 Å². The molecule has 2 atom stereocenters. The molecule has 5 nitrogen and oxygen atoms in total. The van der Waals surface area contributed by atoms with Gasteiger partial charge in [-0.3, -0.25) is 4.55 Å². The number of rotatable bonds is 4. The second-order valence-electron chi connectivity index (χ2n) is 1.48. The molecular weight excluding hydrogens is 194 g/mol. The third-order valence-corrected chi connectivity index (χ3v) is 1.55. The summed E-state index contributed by atoms with van der Waals surface area (Å²) in [7, 11) is 0. The summed E-state index contributed by atoms with van der Waals surface area (Å²) in [5.74, 6) is -0.767. The van der Waals surface area contributed by atoms with Gasteiger partial charge < -0.3 is 4.74 Å². The summed E-state index contributed by atoms with van der Waals surface area (Å²) in [6.45, 7) is 1.79. The Kier molecular flexibility index (Phi) is 5.39. The molecule has 0 aliphatic carbocycles. The Hall–Kier alpha value is -0.170. The quantitative estimate of drug-likeness (QED) is 0.287. The number of carbonyl (C=O) groups is 1. The van der Waals surface area contributed by atoms with Gasteiger partial charge in [-0.15, -0.1) is 0 Å². The minimum Gasteiger partial charge on any atom is -0.464 e. The molecule has 0 fully saturated rings. The van der Waals surface area contributed by atoms with Crippen molar-refractivity contribution in [3.63, 3.8) is 0 Å². The topological polar surface area (TPSA) is 75.6 Å². The van der Waals surface area contributed by atoms with Crippen molar-refractivity contribution in [2.24, 2.45) is 0 Å². The number of nitrogens with one attached hydrogen (secondary N) is 1. The van der Waals surface area contributed by atoms with E-state index in [2.05, 4.69) is 4.74 Å². The van der Waals surface area contributed by atoms with Crippen LogP contribution in [0.4, 0.5) is 0 Å². The average molecular weight is 202 g/mol. The van der Waals surface area contributed by atoms with Crippen LogP contribution in [0.2, 0.25) is 0 Å². The van der Waals surface area contributed by atoms with Gasteiger partial charge in [0.05, 0.1) is 6.61 Å². The lowest BCUT2D eigenvalue weighted by molar-refractivity contribution is -0.142. The van der Waals surface area contributed by atoms with E-state index in [1.807, 2.05) is 4.72 Å². The van der Waals surface area contributed by atoms with Gasteiger partial charge in [0, 0.05) is 0 Å². The van der Waals surface area contributed by atoms with Gasteiger partial charge in [-0.05, 0) is 6.92 Å². The molecule has 11 heavy (non-hydrogen) atoms. The molecule has 0 aliphatic heterocycles. The monoisotopic (exact) mass is 201 g/mol. The van der Waals surface area contributed by atoms with Crippen molar-refractivity contribution in [3.8, 4) is 0 Å². The van der Waals surface area contributed by atoms with Crippen LogP contribution in [0.3, 0.4) is 0 Å². The van der Waals surface area contributed by atoms with Crippen LogP contribution in [0.1, 0.15) is 6.92 Å². The van der Waals surface area contributed by atoms with Gasteiger partial charge in [0.25, 0.3) is 0 Å². The highest BCUT2D eigenvalue weighted by Crippen LogP contribution is 1.94. The summed E-state index contributed by atoms with van der Waals surface area (Å²) >= 11 is 2.96. The number of carbonyl (C=O) groups excluding carboxylic acids is 1. The Labute approximate surface area is 71.5 Å². The summed E-state index contributed by atoms with van der Waals surface area (Å²) in [6, 6.07) is 0. The summed E-state index contributed by atoms with van der Waals surface area (Å²) in [5.41, 5.74) is -1.28. The van der Waals surface area contributed by atoms with Crippen LogP contribution >= 0.6 is 11.6 Å². The molecule has 7 heteroatoms. The van der Waals surface area contributed by atoms with Gasteiger partial charge in [-0.1, -0.05) is 11.6 Å². The molecule has 0 rings (SSSR count). The van der Waals surface area contributed by atoms with Crippen LogP contribution in [0, 0.1) is 0 Å². The maximum Gasteiger partial charge on any atom is 0.339 e. The highest BCUT2D eigenvalue weighted by molar-refractivity contribution is 7.77. The van der Waals surface area contributed by atoms with E-state index in [9.17, 15) is 9.00 Å². The molecule has 0 saturated carbocycles. The number of alkyl halides is 1. The maximum atomic E-state index is 10.6. The van der Waals surface area contributed by atoms with E-state index < -0.39 is 22.7 Å². The lowest BCUT2D eigenvalue weighted by Crippen LogP contribution is -2.34. The molecule has 0 bridgehead atoms. The van der Waals surface area contributed by atoms with Gasteiger partial charge >= 0.3 is 5.97 Å². The first kappa shape index (κ1) is 10.8. The molecule has 0 spiro atoms. The zero-order valence-corrected chi connectivity index (χ0v) is 7.32. The number of halogens is 1. The van der Waals surface area contributed by atoms with Crippen molar-refractivity contribution in [2.45, 2.75) is 12.4 Å². The second-order valence-corrected chi connectivity index (χ2v) is 2.65. The maximum absolute atomic E-state index is 10.6. The van der Waals surface area contributed by atoms with Gasteiger partial charge in [0.2, 0.25) is 11.3 Å². The fourth-order valence-electron chi connectivity index (χ4n) is 0.352. The summed E-state index contributed by atoms with van der Waals surface area (Å²) in [5, 5.41) is 0. The lowest BCUT2D eigenvalue weighted by Gasteiger charge is -2.06. The number of esters is 1. The Bertz CT molecular complexity index is 164. The van der Waals surface area contributed by atoms with E-state index in [1.165, 1.54) is 0 Å². The predicted octanol–water partition coefficient (Wildman–Crippen LogP) is -0.159. The standard InChI is InChI=1S/C4H8ClNO4S/c1-2-10-4(7)3(5)6-11(8)9/h3,6H,2H2,1H3,(H,8,9). The molecule has 2 unspecified atom stereocenters. The van der Waals surface area contributed by atoms with Crippen LogP contribution in [0.25, 0.3) is 0 Å². The van der Waals surface area contributed by atoms with Crippen molar-refractivity contribution < 1.29 is 18.3 Å². The molecule has 0 radical (unpaired) electrons. The molecule has 0 aliphatic rings. The molecule has 66 valence electrons. The Morgan fingerprint density at radius 1 is 1.91 bits per heavy atom. The summed E-state index contributed by atoms with van der Waals surface area (Å²) in [6.07, 6.45) is 0. The highest BCUT2D eigenvalue weighted by atomic mass is 35.5. The van der Waals surface area contributed by atoms with E-state index in [1.54, 1.807) is 6.92 Å². The van der Waals surface area contributed by atoms with E-state index in [4.69, 9.17) is 16.2 Å². The Morgan fingerprint density at radius 3 is 2.82 bits per heavy atom. The molecule has 0 aromatic carbocycles. The number of hydrogen-bond donors (Lipinski definition) is 2. The highest BCUT2D eigenvalue weighted by Gasteiger charge is 2.17. The molecule has 0 aromatic heterocycles. The van der Waals surface area contributed by atoms with E-state index >= 15 is 0 Å². The van der Waals surface area contributed by atoms with Gasteiger partial charge in [-0.25, -0.2) is 9.00 Å². The largest absolute Gasteiger partial charge is 0.464 e. The molecule has 0 saturated heterocycles. The third kappa shape index (κ3) is 5.14. The molecule has 0 amide bonds. The van der Waals surface area contributed by atoms with Crippen molar-refractivity contribution in [1.29, 1.82) is 0 Å². The molecular formula is C4H8ClNO4S. The van der Waals surface area contributed by atoms with E-state index in [0.717, 1.165) is 0 Å². The first-order valence-electron chi connectivity index (χ1n) is 2.75. The molecule has 0 heterocycles. The zero-order chi connectivity index (χ0) is 8.85. The average Bonchev–Trinajstić information content (AvgIpc) is 1.86. The second kappa shape index (κ2) is 5.48.